The Morgan fingerprint density at radius 1 is 1.17 bits per heavy atom. The molecule has 5 nitrogen and oxygen atoms in total. The second-order valence-corrected chi connectivity index (χ2v) is 13.4. The second kappa shape index (κ2) is 9.31. The van der Waals surface area contributed by atoms with Gasteiger partial charge < -0.3 is 19.4 Å². The number of hydrogen-bond donors (Lipinski definition) is 1. The first kappa shape index (κ1) is 24.7. The largest absolute Gasteiger partial charge is 0.444 e. The summed E-state index contributed by atoms with van der Waals surface area (Å²) in [7, 11) is -1.29. The molecule has 1 aromatic carbocycles. The van der Waals surface area contributed by atoms with E-state index in [0.29, 0.717) is 6.54 Å². The lowest BCUT2D eigenvalue weighted by atomic mass is 9.83. The van der Waals surface area contributed by atoms with E-state index in [1.165, 1.54) is 11.1 Å². The monoisotopic (exact) mass is 434 g/mol. The van der Waals surface area contributed by atoms with E-state index in [1.807, 2.05) is 25.7 Å². The minimum Gasteiger partial charge on any atom is -0.444 e. The molecule has 1 amide bonds. The molecular formula is C24H42N2O3Si. The van der Waals surface area contributed by atoms with Crippen molar-refractivity contribution in [2.45, 2.75) is 98.7 Å². The van der Waals surface area contributed by atoms with Gasteiger partial charge in [0.15, 0.2) is 9.04 Å². The Kier molecular flexibility index (Phi) is 7.67. The van der Waals surface area contributed by atoms with E-state index in [2.05, 4.69) is 71.2 Å². The average Bonchev–Trinajstić information content (AvgIpc) is 2.96. The van der Waals surface area contributed by atoms with Crippen LogP contribution in [-0.2, 0) is 9.16 Å². The van der Waals surface area contributed by atoms with Crippen molar-refractivity contribution in [3.05, 3.63) is 29.3 Å². The summed E-state index contributed by atoms with van der Waals surface area (Å²) in [6, 6.07) is 6.59. The van der Waals surface area contributed by atoms with E-state index < -0.39 is 14.6 Å². The Labute approximate surface area is 185 Å². The van der Waals surface area contributed by atoms with Crippen LogP contribution in [0.2, 0.25) is 13.1 Å². The predicted molar refractivity (Wildman–Crippen MR) is 128 cm³/mol. The molecule has 3 atom stereocenters. The van der Waals surface area contributed by atoms with Crippen molar-refractivity contribution < 1.29 is 14.0 Å². The molecule has 2 rings (SSSR count). The van der Waals surface area contributed by atoms with Crippen LogP contribution in [0, 0.1) is 19.3 Å². The number of hydrogen-bond acceptors (Lipinski definition) is 4. The minimum absolute atomic E-state index is 0.0157. The normalized spacial score (nSPS) is 21.1. The fraction of sp³-hybridized carbons (Fsp3) is 0.708. The molecule has 1 unspecified atom stereocenters. The number of anilines is 1. The summed E-state index contributed by atoms with van der Waals surface area (Å²) in [5.74, 6) is 0. The maximum absolute atomic E-state index is 13.1. The third-order valence-electron chi connectivity index (χ3n) is 5.33. The molecule has 1 N–H and O–H groups in total. The zero-order chi connectivity index (χ0) is 22.9. The predicted octanol–water partition coefficient (Wildman–Crippen LogP) is 5.51. The number of aryl methyl sites for hydroxylation is 2. The Balaban J connectivity index is 2.31. The quantitative estimate of drug-likeness (QED) is 0.621. The van der Waals surface area contributed by atoms with Crippen LogP contribution in [0.5, 0.6) is 0 Å². The molecule has 0 aliphatic carbocycles. The molecule has 0 radical (unpaired) electrons. The highest BCUT2D eigenvalue weighted by Gasteiger charge is 2.46. The average molecular weight is 435 g/mol. The van der Waals surface area contributed by atoms with Crippen LogP contribution in [0.4, 0.5) is 10.5 Å². The van der Waals surface area contributed by atoms with Crippen molar-refractivity contribution in [1.29, 1.82) is 0 Å². The minimum atomic E-state index is -1.29. The molecule has 1 aliphatic rings. The molecule has 30 heavy (non-hydrogen) atoms. The number of nitrogens with zero attached hydrogens (tertiary/aromatic N) is 1. The molecule has 1 saturated heterocycles. The van der Waals surface area contributed by atoms with Crippen LogP contribution in [0.3, 0.4) is 0 Å². The lowest BCUT2D eigenvalue weighted by Gasteiger charge is -2.40. The number of carbonyl (C=O) groups excluding carboxylic acids is 1. The molecule has 1 heterocycles. The third kappa shape index (κ3) is 6.74. The lowest BCUT2D eigenvalue weighted by molar-refractivity contribution is -0.0133. The highest BCUT2D eigenvalue weighted by Crippen LogP contribution is 2.35. The zero-order valence-corrected chi connectivity index (χ0v) is 21.8. The number of rotatable bonds is 5. The van der Waals surface area contributed by atoms with Gasteiger partial charge in [-0.05, 0) is 71.2 Å². The van der Waals surface area contributed by atoms with Gasteiger partial charge in [-0.2, -0.15) is 0 Å². The first-order chi connectivity index (χ1) is 13.7. The molecular weight excluding hydrogens is 392 g/mol. The Morgan fingerprint density at radius 2 is 1.80 bits per heavy atom. The van der Waals surface area contributed by atoms with Crippen LogP contribution in [-0.4, -0.2) is 50.4 Å². The Hall–Kier alpha value is -1.53. The summed E-state index contributed by atoms with van der Waals surface area (Å²) >= 11 is 0. The summed E-state index contributed by atoms with van der Waals surface area (Å²) in [5, 5.41) is 3.68. The first-order valence-electron chi connectivity index (χ1n) is 11.2. The highest BCUT2D eigenvalue weighted by atomic mass is 28.3. The molecule has 1 aliphatic heterocycles. The molecule has 0 aromatic heterocycles. The van der Waals surface area contributed by atoms with Gasteiger partial charge in [0, 0.05) is 18.3 Å². The molecule has 6 heteroatoms. The van der Waals surface area contributed by atoms with Gasteiger partial charge in [-0.15, -0.1) is 0 Å². The van der Waals surface area contributed by atoms with E-state index in [4.69, 9.17) is 9.16 Å². The van der Waals surface area contributed by atoms with E-state index in [0.717, 1.165) is 12.1 Å². The molecule has 0 spiro atoms. The van der Waals surface area contributed by atoms with Gasteiger partial charge in [-0.1, -0.05) is 38.5 Å². The molecule has 0 saturated carbocycles. The van der Waals surface area contributed by atoms with E-state index >= 15 is 0 Å². The summed E-state index contributed by atoms with van der Waals surface area (Å²) < 4.78 is 12.3. The number of nitrogens with one attached hydrogen (secondary N) is 1. The summed E-state index contributed by atoms with van der Waals surface area (Å²) in [4.78, 5) is 15.0. The van der Waals surface area contributed by atoms with E-state index in [-0.39, 0.29) is 29.7 Å². The fourth-order valence-corrected chi connectivity index (χ4v) is 5.32. The second-order valence-electron chi connectivity index (χ2n) is 11.1. The number of carbonyl (C=O) groups is 1. The SMILES string of the molecule is Cc1ccc(N[C@H]2C[C@@H](C(O[SiH](C)C)C(C)(C)C)N(C(=O)OC(C)(C)C)C2)c(C)c1. The lowest BCUT2D eigenvalue weighted by Crippen LogP contribution is -2.51. The van der Waals surface area contributed by atoms with Crippen molar-refractivity contribution in [3.8, 4) is 0 Å². The van der Waals surface area contributed by atoms with Gasteiger partial charge in [-0.3, -0.25) is 0 Å². The fourth-order valence-electron chi connectivity index (χ4n) is 4.15. The van der Waals surface area contributed by atoms with E-state index in [9.17, 15) is 4.79 Å². The molecule has 0 bridgehead atoms. The van der Waals surface area contributed by atoms with Crippen LogP contribution >= 0.6 is 0 Å². The topological polar surface area (TPSA) is 50.8 Å². The Bertz CT molecular complexity index is 737. The van der Waals surface area contributed by atoms with Gasteiger partial charge in [0.1, 0.15) is 5.60 Å². The smallest absolute Gasteiger partial charge is 0.410 e. The van der Waals surface area contributed by atoms with Crippen molar-refractivity contribution >= 4 is 20.8 Å². The highest BCUT2D eigenvalue weighted by molar-refractivity contribution is 6.48. The van der Waals surface area contributed by atoms with Crippen molar-refractivity contribution in [1.82, 2.24) is 4.90 Å². The number of ether oxygens (including phenoxy) is 1. The Morgan fingerprint density at radius 3 is 2.30 bits per heavy atom. The standard InChI is InChI=1S/C24H42N2O3Si/c1-16-11-12-19(17(2)13-16)25-18-14-20(21(23(3,4)5)29-30(9)10)26(15-18)22(27)28-24(6,7)8/h11-13,18,20-21,25,30H,14-15H2,1-10H3/t18-,20-,21?/m0/s1. The van der Waals surface area contributed by atoms with Gasteiger partial charge in [0.2, 0.25) is 0 Å². The zero-order valence-electron chi connectivity index (χ0n) is 20.6. The maximum Gasteiger partial charge on any atom is 0.410 e. The van der Waals surface area contributed by atoms with Crippen LogP contribution < -0.4 is 5.32 Å². The summed E-state index contributed by atoms with van der Waals surface area (Å²) in [6.45, 7) is 21.6. The first-order valence-corrected chi connectivity index (χ1v) is 13.9. The van der Waals surface area contributed by atoms with Crippen LogP contribution in [0.1, 0.15) is 59.1 Å². The van der Waals surface area contributed by atoms with Gasteiger partial charge in [-0.25, -0.2) is 4.79 Å². The van der Waals surface area contributed by atoms with Crippen molar-refractivity contribution in [3.63, 3.8) is 0 Å². The molecule has 1 aromatic rings. The molecule has 170 valence electrons. The van der Waals surface area contributed by atoms with Crippen molar-refractivity contribution in [2.75, 3.05) is 11.9 Å². The summed E-state index contributed by atoms with van der Waals surface area (Å²) in [5.41, 5.74) is 3.01. The van der Waals surface area contributed by atoms with Crippen LogP contribution in [0.25, 0.3) is 0 Å². The number of benzene rings is 1. The summed E-state index contributed by atoms with van der Waals surface area (Å²) in [6.07, 6.45) is 0.568. The maximum atomic E-state index is 13.1. The number of likely N-dealkylation sites (tertiary alicyclic amines) is 1. The third-order valence-corrected chi connectivity index (χ3v) is 6.17. The van der Waals surface area contributed by atoms with Gasteiger partial charge >= 0.3 is 6.09 Å². The van der Waals surface area contributed by atoms with Crippen LogP contribution in [0.15, 0.2) is 18.2 Å². The van der Waals surface area contributed by atoms with Gasteiger partial charge in [0.05, 0.1) is 12.1 Å². The van der Waals surface area contributed by atoms with Gasteiger partial charge in [0.25, 0.3) is 0 Å². The molecule has 1 fully saturated rings. The number of amides is 1. The van der Waals surface area contributed by atoms with E-state index in [1.54, 1.807) is 0 Å². The van der Waals surface area contributed by atoms with Crippen molar-refractivity contribution in [2.24, 2.45) is 5.41 Å².